The Morgan fingerprint density at radius 2 is 1.51 bits per heavy atom. The Bertz CT molecular complexity index is 1340. The van der Waals surface area contributed by atoms with Crippen LogP contribution < -0.4 is 0 Å². The standard InChI is InChI=1S/C27H25FN2O5/c1-3-30(4-2)15-16-5-7-18(8-6-16)24-25(27(33)34)29-35-26(24)21-13-20(22(31)14-23(21)32)17-9-11-19(28)12-10-17/h5-14,31-32H,3-4,15H2,1-2H3,(H,33,34). The van der Waals surface area contributed by atoms with E-state index < -0.39 is 11.8 Å². The molecule has 8 heteroatoms. The summed E-state index contributed by atoms with van der Waals surface area (Å²) < 4.78 is 18.8. The van der Waals surface area contributed by atoms with Crippen LogP contribution in [0.25, 0.3) is 33.6 Å². The van der Waals surface area contributed by atoms with E-state index in [0.717, 1.165) is 31.3 Å². The molecule has 1 aromatic heterocycles. The minimum Gasteiger partial charge on any atom is -0.507 e. The quantitative estimate of drug-likeness (QED) is 0.296. The molecule has 0 amide bonds. The number of aromatic nitrogens is 1. The molecule has 7 nitrogen and oxygen atoms in total. The SMILES string of the molecule is CCN(CC)Cc1ccc(-c2c(C(=O)O)noc2-c2cc(-c3ccc(F)cc3)c(O)cc2O)cc1. The summed E-state index contributed by atoms with van der Waals surface area (Å²) in [4.78, 5) is 14.2. The zero-order valence-electron chi connectivity index (χ0n) is 19.3. The van der Waals surface area contributed by atoms with Crippen LogP contribution in [0.4, 0.5) is 4.39 Å². The highest BCUT2D eigenvalue weighted by Gasteiger charge is 2.26. The maximum atomic E-state index is 13.4. The van der Waals surface area contributed by atoms with Crippen molar-refractivity contribution in [1.82, 2.24) is 10.1 Å². The summed E-state index contributed by atoms with van der Waals surface area (Å²) in [7, 11) is 0. The number of hydrogen-bond donors (Lipinski definition) is 3. The Hall–Kier alpha value is -4.17. The van der Waals surface area contributed by atoms with E-state index in [0.29, 0.717) is 16.7 Å². The third-order valence-corrected chi connectivity index (χ3v) is 5.95. The number of benzene rings is 3. The Kier molecular flexibility index (Phi) is 6.84. The largest absolute Gasteiger partial charge is 0.507 e. The van der Waals surface area contributed by atoms with Crippen LogP contribution >= 0.6 is 0 Å². The summed E-state index contributed by atoms with van der Waals surface area (Å²) in [6, 6.07) is 15.5. The van der Waals surface area contributed by atoms with Crippen molar-refractivity contribution in [2.45, 2.75) is 20.4 Å². The number of carbonyl (C=O) groups is 1. The molecule has 0 aliphatic carbocycles. The molecule has 0 aliphatic heterocycles. The number of rotatable bonds is 8. The summed E-state index contributed by atoms with van der Waals surface area (Å²) in [5, 5.41) is 34.5. The molecule has 0 unspecified atom stereocenters. The number of phenolic OH excluding ortho intramolecular Hbond substituents is 2. The van der Waals surface area contributed by atoms with Crippen molar-refractivity contribution < 1.29 is 29.0 Å². The van der Waals surface area contributed by atoms with Crippen LogP contribution in [0, 0.1) is 5.82 Å². The molecular weight excluding hydrogens is 451 g/mol. The van der Waals surface area contributed by atoms with Crippen molar-refractivity contribution in [3.8, 4) is 45.1 Å². The number of aromatic hydroxyl groups is 2. The molecular formula is C27H25FN2O5. The lowest BCUT2D eigenvalue weighted by Gasteiger charge is -2.18. The first kappa shape index (κ1) is 24.0. The van der Waals surface area contributed by atoms with E-state index in [2.05, 4.69) is 23.9 Å². The third kappa shape index (κ3) is 4.88. The van der Waals surface area contributed by atoms with Gasteiger partial charge in [-0.15, -0.1) is 0 Å². The first-order valence-electron chi connectivity index (χ1n) is 11.2. The molecule has 3 aromatic carbocycles. The van der Waals surface area contributed by atoms with Crippen molar-refractivity contribution in [3.63, 3.8) is 0 Å². The lowest BCUT2D eigenvalue weighted by atomic mass is 9.95. The van der Waals surface area contributed by atoms with Crippen molar-refractivity contribution in [3.05, 3.63) is 77.7 Å². The van der Waals surface area contributed by atoms with Gasteiger partial charge in [-0.05, 0) is 48.0 Å². The van der Waals surface area contributed by atoms with Gasteiger partial charge in [-0.25, -0.2) is 9.18 Å². The van der Waals surface area contributed by atoms with Gasteiger partial charge in [-0.2, -0.15) is 0 Å². The smallest absolute Gasteiger partial charge is 0.358 e. The Balaban J connectivity index is 1.82. The van der Waals surface area contributed by atoms with Gasteiger partial charge in [0.15, 0.2) is 11.5 Å². The number of phenols is 2. The van der Waals surface area contributed by atoms with E-state index in [9.17, 15) is 24.5 Å². The summed E-state index contributed by atoms with van der Waals surface area (Å²) in [6.45, 7) is 6.76. The second-order valence-electron chi connectivity index (χ2n) is 8.09. The fourth-order valence-electron chi connectivity index (χ4n) is 3.99. The average molecular weight is 477 g/mol. The molecule has 1 heterocycles. The van der Waals surface area contributed by atoms with Gasteiger partial charge in [-0.1, -0.05) is 55.4 Å². The zero-order valence-corrected chi connectivity index (χ0v) is 19.3. The monoisotopic (exact) mass is 476 g/mol. The third-order valence-electron chi connectivity index (χ3n) is 5.95. The van der Waals surface area contributed by atoms with Crippen LogP contribution in [0.15, 0.2) is 65.2 Å². The van der Waals surface area contributed by atoms with Gasteiger partial charge in [0, 0.05) is 18.2 Å². The molecule has 4 aromatic rings. The van der Waals surface area contributed by atoms with E-state index in [1.807, 2.05) is 12.1 Å². The Morgan fingerprint density at radius 1 is 0.914 bits per heavy atom. The molecule has 0 aliphatic rings. The molecule has 0 spiro atoms. The molecule has 180 valence electrons. The fourth-order valence-corrected chi connectivity index (χ4v) is 3.99. The molecule has 35 heavy (non-hydrogen) atoms. The van der Waals surface area contributed by atoms with E-state index >= 15 is 0 Å². The molecule has 0 radical (unpaired) electrons. The number of halogens is 1. The van der Waals surface area contributed by atoms with Crippen molar-refractivity contribution in [2.75, 3.05) is 13.1 Å². The van der Waals surface area contributed by atoms with Crippen LogP contribution in [-0.4, -0.2) is 44.4 Å². The fraction of sp³-hybridized carbons (Fsp3) is 0.185. The Morgan fingerprint density at radius 3 is 2.11 bits per heavy atom. The van der Waals surface area contributed by atoms with Gasteiger partial charge >= 0.3 is 5.97 Å². The van der Waals surface area contributed by atoms with Crippen LogP contribution in [0.3, 0.4) is 0 Å². The van der Waals surface area contributed by atoms with Gasteiger partial charge in [0.25, 0.3) is 0 Å². The van der Waals surface area contributed by atoms with E-state index in [1.54, 1.807) is 12.1 Å². The minimum absolute atomic E-state index is 0.0414. The van der Waals surface area contributed by atoms with Crippen LogP contribution in [0.2, 0.25) is 0 Å². The lowest BCUT2D eigenvalue weighted by molar-refractivity contribution is 0.0686. The van der Waals surface area contributed by atoms with E-state index in [1.165, 1.54) is 30.3 Å². The highest BCUT2D eigenvalue weighted by molar-refractivity contribution is 5.99. The molecule has 0 saturated heterocycles. The summed E-state index contributed by atoms with van der Waals surface area (Å²) in [6.07, 6.45) is 0. The molecule has 0 fully saturated rings. The summed E-state index contributed by atoms with van der Waals surface area (Å²) >= 11 is 0. The maximum Gasteiger partial charge on any atom is 0.358 e. The van der Waals surface area contributed by atoms with Gasteiger partial charge in [0.1, 0.15) is 17.3 Å². The molecule has 0 atom stereocenters. The van der Waals surface area contributed by atoms with Gasteiger partial charge in [-0.3, -0.25) is 4.90 Å². The average Bonchev–Trinajstić information content (AvgIpc) is 3.29. The topological polar surface area (TPSA) is 107 Å². The molecule has 0 bridgehead atoms. The van der Waals surface area contributed by atoms with Crippen LogP contribution in [0.5, 0.6) is 11.5 Å². The minimum atomic E-state index is -1.28. The van der Waals surface area contributed by atoms with Crippen LogP contribution in [-0.2, 0) is 6.54 Å². The lowest BCUT2D eigenvalue weighted by Crippen LogP contribution is -2.21. The number of nitrogens with zero attached hydrogens (tertiary/aromatic N) is 2. The summed E-state index contributed by atoms with van der Waals surface area (Å²) in [5.41, 5.74) is 2.49. The van der Waals surface area contributed by atoms with E-state index in [4.69, 9.17) is 4.52 Å². The van der Waals surface area contributed by atoms with E-state index in [-0.39, 0.29) is 34.1 Å². The normalized spacial score (nSPS) is 11.2. The molecule has 3 N–H and O–H groups in total. The number of carboxylic acids is 1. The Labute approximate surface area is 201 Å². The number of carboxylic acid groups (broad SMARTS) is 1. The maximum absolute atomic E-state index is 13.4. The zero-order chi connectivity index (χ0) is 25.1. The van der Waals surface area contributed by atoms with Crippen molar-refractivity contribution in [2.24, 2.45) is 0 Å². The van der Waals surface area contributed by atoms with Gasteiger partial charge in [0.05, 0.1) is 11.1 Å². The van der Waals surface area contributed by atoms with Crippen molar-refractivity contribution >= 4 is 5.97 Å². The highest BCUT2D eigenvalue weighted by Crippen LogP contribution is 2.44. The predicted molar refractivity (Wildman–Crippen MR) is 130 cm³/mol. The number of aromatic carboxylic acids is 1. The molecule has 4 rings (SSSR count). The molecule has 0 saturated carbocycles. The first-order chi connectivity index (χ1) is 16.8. The predicted octanol–water partition coefficient (Wildman–Crippen LogP) is 5.77. The number of hydrogen-bond acceptors (Lipinski definition) is 6. The summed E-state index contributed by atoms with van der Waals surface area (Å²) in [5.74, 6) is -2.21. The van der Waals surface area contributed by atoms with Crippen LogP contribution in [0.1, 0.15) is 29.9 Å². The first-order valence-corrected chi connectivity index (χ1v) is 11.2. The highest BCUT2D eigenvalue weighted by atomic mass is 19.1. The van der Waals surface area contributed by atoms with Gasteiger partial charge in [0.2, 0.25) is 0 Å². The second-order valence-corrected chi connectivity index (χ2v) is 8.09. The van der Waals surface area contributed by atoms with Crippen molar-refractivity contribution in [1.29, 1.82) is 0 Å². The second kappa shape index (κ2) is 9.99. The van der Waals surface area contributed by atoms with Gasteiger partial charge < -0.3 is 19.8 Å².